The van der Waals surface area contributed by atoms with Crippen LogP contribution in [0.3, 0.4) is 0 Å². The summed E-state index contributed by atoms with van der Waals surface area (Å²) in [6.45, 7) is 7.29. The molecule has 0 aliphatic rings. The first-order chi connectivity index (χ1) is 11.1. The number of pyridine rings is 1. The predicted molar refractivity (Wildman–Crippen MR) is 94.5 cm³/mol. The molecule has 0 bridgehead atoms. The number of imidazole rings is 1. The Bertz CT molecular complexity index is 820. The molecule has 23 heavy (non-hydrogen) atoms. The smallest absolute Gasteiger partial charge is 0.109 e. The second kappa shape index (κ2) is 6.28. The lowest BCUT2D eigenvalue weighted by Crippen LogP contribution is -2.25. The number of rotatable bonds is 6. The van der Waals surface area contributed by atoms with Crippen molar-refractivity contribution >= 4 is 21.9 Å². The van der Waals surface area contributed by atoms with Gasteiger partial charge in [-0.15, -0.1) is 0 Å². The minimum atomic E-state index is -0.182. The van der Waals surface area contributed by atoms with Crippen molar-refractivity contribution in [2.45, 2.75) is 46.6 Å². The molecule has 0 unspecified atom stereocenters. The molecule has 3 aromatic rings. The van der Waals surface area contributed by atoms with Gasteiger partial charge in [0.15, 0.2) is 0 Å². The van der Waals surface area contributed by atoms with Gasteiger partial charge in [-0.05, 0) is 12.5 Å². The van der Waals surface area contributed by atoms with Crippen molar-refractivity contribution in [2.24, 2.45) is 5.41 Å². The first kappa shape index (κ1) is 15.9. The number of fused-ring (bicyclic) bond motifs is 3. The molecule has 2 aromatic heterocycles. The number of aromatic nitrogens is 3. The van der Waals surface area contributed by atoms with Crippen molar-refractivity contribution in [1.82, 2.24) is 14.5 Å². The van der Waals surface area contributed by atoms with Crippen LogP contribution in [0.15, 0.2) is 30.5 Å². The van der Waals surface area contributed by atoms with E-state index >= 15 is 0 Å². The van der Waals surface area contributed by atoms with Gasteiger partial charge in [0.25, 0.3) is 0 Å². The summed E-state index contributed by atoms with van der Waals surface area (Å²) in [6.07, 6.45) is 5.09. The minimum Gasteiger partial charge on any atom is -0.396 e. The zero-order valence-corrected chi connectivity index (χ0v) is 14.2. The van der Waals surface area contributed by atoms with Gasteiger partial charge < -0.3 is 9.67 Å². The number of para-hydroxylation sites is 1. The quantitative estimate of drug-likeness (QED) is 0.750. The molecule has 0 atom stereocenters. The van der Waals surface area contributed by atoms with Gasteiger partial charge in [0, 0.05) is 30.4 Å². The fourth-order valence-corrected chi connectivity index (χ4v) is 2.98. The molecular weight excluding hydrogens is 286 g/mol. The van der Waals surface area contributed by atoms with Crippen LogP contribution in [0.25, 0.3) is 21.9 Å². The van der Waals surface area contributed by atoms with Crippen molar-refractivity contribution in [3.8, 4) is 0 Å². The Balaban J connectivity index is 2.23. The van der Waals surface area contributed by atoms with Gasteiger partial charge in [0.2, 0.25) is 0 Å². The van der Waals surface area contributed by atoms with Gasteiger partial charge >= 0.3 is 0 Å². The predicted octanol–water partition coefficient (Wildman–Crippen LogP) is 3.95. The summed E-state index contributed by atoms with van der Waals surface area (Å²) < 4.78 is 2.30. The lowest BCUT2D eigenvalue weighted by atomic mass is 9.94. The van der Waals surface area contributed by atoms with Crippen LogP contribution in [0.2, 0.25) is 0 Å². The first-order valence-electron chi connectivity index (χ1n) is 8.39. The van der Waals surface area contributed by atoms with Crippen LogP contribution in [0.4, 0.5) is 0 Å². The standard InChI is InChI=1S/C19H25N3O/c1-4-5-10-17-21-16-11-20-15-9-7-6-8-14(15)18(16)22(17)12-19(2,3)13-23/h6-9,11,23H,4-5,10,12-13H2,1-3H3. The number of hydrogen-bond acceptors (Lipinski definition) is 3. The first-order valence-corrected chi connectivity index (χ1v) is 8.39. The maximum absolute atomic E-state index is 9.70. The van der Waals surface area contributed by atoms with Crippen LogP contribution < -0.4 is 0 Å². The number of hydrogen-bond donors (Lipinski definition) is 1. The number of unbranched alkanes of at least 4 members (excludes halogenated alkanes) is 1. The van der Waals surface area contributed by atoms with E-state index in [1.54, 1.807) is 0 Å². The minimum absolute atomic E-state index is 0.156. The summed E-state index contributed by atoms with van der Waals surface area (Å²) in [7, 11) is 0. The SMILES string of the molecule is CCCCc1nc2cnc3ccccc3c2n1CC(C)(C)CO. The monoisotopic (exact) mass is 311 g/mol. The molecule has 1 aromatic carbocycles. The van der Waals surface area contributed by atoms with Gasteiger partial charge in [-0.25, -0.2) is 4.98 Å². The molecule has 0 saturated heterocycles. The van der Waals surface area contributed by atoms with E-state index in [9.17, 15) is 5.11 Å². The third kappa shape index (κ3) is 3.08. The highest BCUT2D eigenvalue weighted by Crippen LogP contribution is 2.28. The third-order valence-corrected chi connectivity index (χ3v) is 4.33. The van der Waals surface area contributed by atoms with E-state index in [4.69, 9.17) is 4.98 Å². The Morgan fingerprint density at radius 1 is 1.17 bits per heavy atom. The van der Waals surface area contributed by atoms with Crippen molar-refractivity contribution < 1.29 is 5.11 Å². The molecule has 1 N–H and O–H groups in total. The van der Waals surface area contributed by atoms with Gasteiger partial charge in [-0.2, -0.15) is 0 Å². The van der Waals surface area contributed by atoms with Crippen molar-refractivity contribution in [2.75, 3.05) is 6.61 Å². The Kier molecular flexibility index (Phi) is 4.35. The molecule has 4 nitrogen and oxygen atoms in total. The maximum Gasteiger partial charge on any atom is 0.109 e. The summed E-state index contributed by atoms with van der Waals surface area (Å²) >= 11 is 0. The summed E-state index contributed by atoms with van der Waals surface area (Å²) in [5.41, 5.74) is 2.90. The molecule has 0 fully saturated rings. The highest BCUT2D eigenvalue weighted by molar-refractivity contribution is 6.02. The van der Waals surface area contributed by atoms with E-state index in [1.165, 1.54) is 0 Å². The topological polar surface area (TPSA) is 50.9 Å². The number of aryl methyl sites for hydroxylation is 1. The zero-order chi connectivity index (χ0) is 16.4. The Hall–Kier alpha value is -1.94. The average Bonchev–Trinajstić information content (AvgIpc) is 2.90. The molecule has 2 heterocycles. The zero-order valence-electron chi connectivity index (χ0n) is 14.2. The van der Waals surface area contributed by atoms with Gasteiger partial charge in [0.1, 0.15) is 11.3 Å². The van der Waals surface area contributed by atoms with E-state index in [0.29, 0.717) is 0 Å². The fraction of sp³-hybridized carbons (Fsp3) is 0.474. The van der Waals surface area contributed by atoms with Crippen LogP contribution in [0.1, 0.15) is 39.4 Å². The highest BCUT2D eigenvalue weighted by Gasteiger charge is 2.22. The summed E-state index contributed by atoms with van der Waals surface area (Å²) in [5.74, 6) is 1.10. The van der Waals surface area contributed by atoms with Crippen molar-refractivity contribution in [3.63, 3.8) is 0 Å². The summed E-state index contributed by atoms with van der Waals surface area (Å²) in [4.78, 5) is 9.37. The average molecular weight is 311 g/mol. The van der Waals surface area contributed by atoms with Gasteiger partial charge in [0.05, 0.1) is 17.2 Å². The van der Waals surface area contributed by atoms with Crippen LogP contribution >= 0.6 is 0 Å². The second-order valence-corrected chi connectivity index (χ2v) is 7.05. The Labute approximate surface area is 137 Å². The van der Waals surface area contributed by atoms with Crippen LogP contribution in [-0.4, -0.2) is 26.2 Å². The number of benzene rings is 1. The molecule has 0 saturated carbocycles. The number of aliphatic hydroxyl groups is 1. The summed E-state index contributed by atoms with van der Waals surface area (Å²) in [6, 6.07) is 8.20. The molecule has 3 rings (SSSR count). The largest absolute Gasteiger partial charge is 0.396 e. The van der Waals surface area contributed by atoms with Gasteiger partial charge in [-0.3, -0.25) is 4.98 Å². The molecule has 0 amide bonds. The maximum atomic E-state index is 9.70. The molecular formula is C19H25N3O. The third-order valence-electron chi connectivity index (χ3n) is 4.33. The molecule has 4 heteroatoms. The Morgan fingerprint density at radius 3 is 2.70 bits per heavy atom. The Morgan fingerprint density at radius 2 is 1.96 bits per heavy atom. The van der Waals surface area contributed by atoms with E-state index in [2.05, 4.69) is 36.4 Å². The molecule has 0 radical (unpaired) electrons. The van der Waals surface area contributed by atoms with Crippen LogP contribution in [-0.2, 0) is 13.0 Å². The molecule has 0 spiro atoms. The number of aliphatic hydroxyl groups excluding tert-OH is 1. The van der Waals surface area contributed by atoms with E-state index in [-0.39, 0.29) is 12.0 Å². The molecule has 122 valence electrons. The van der Waals surface area contributed by atoms with Crippen molar-refractivity contribution in [1.29, 1.82) is 0 Å². The lowest BCUT2D eigenvalue weighted by molar-refractivity contribution is 0.141. The highest BCUT2D eigenvalue weighted by atomic mass is 16.3. The van der Waals surface area contributed by atoms with E-state index in [1.807, 2.05) is 24.4 Å². The lowest BCUT2D eigenvalue weighted by Gasteiger charge is -2.24. The fourth-order valence-electron chi connectivity index (χ4n) is 2.98. The number of nitrogens with zero attached hydrogens (tertiary/aromatic N) is 3. The summed E-state index contributed by atoms with van der Waals surface area (Å²) in [5, 5.41) is 10.8. The van der Waals surface area contributed by atoms with E-state index < -0.39 is 0 Å². The van der Waals surface area contributed by atoms with Crippen molar-refractivity contribution in [3.05, 3.63) is 36.3 Å². The van der Waals surface area contributed by atoms with Crippen LogP contribution in [0, 0.1) is 5.41 Å². The second-order valence-electron chi connectivity index (χ2n) is 7.05. The molecule has 0 aliphatic carbocycles. The van der Waals surface area contributed by atoms with E-state index in [0.717, 1.165) is 53.6 Å². The van der Waals surface area contributed by atoms with Crippen LogP contribution in [0.5, 0.6) is 0 Å². The normalized spacial score (nSPS) is 12.3. The van der Waals surface area contributed by atoms with Gasteiger partial charge in [-0.1, -0.05) is 45.4 Å². The molecule has 0 aliphatic heterocycles.